The van der Waals surface area contributed by atoms with E-state index < -0.39 is 47.6 Å². The van der Waals surface area contributed by atoms with Crippen molar-refractivity contribution in [3.63, 3.8) is 0 Å². The van der Waals surface area contributed by atoms with Crippen molar-refractivity contribution < 1.29 is 27.6 Å². The Hall–Kier alpha value is -3.23. The number of carbonyl (C=O) groups excluding carboxylic acids is 3. The molecule has 2 N–H and O–H groups in total. The molecule has 9 heteroatoms. The van der Waals surface area contributed by atoms with E-state index in [0.717, 1.165) is 18.2 Å². The zero-order valence-electron chi connectivity index (χ0n) is 14.6. The normalized spacial score (nSPS) is 20.5. The third-order valence-electron chi connectivity index (χ3n) is 4.39. The fourth-order valence-corrected chi connectivity index (χ4v) is 2.94. The third-order valence-corrected chi connectivity index (χ3v) is 4.39. The molecule has 2 atom stereocenters. The van der Waals surface area contributed by atoms with E-state index in [1.807, 2.05) is 0 Å². The minimum Gasteiger partial charge on any atom is -0.467 e. The van der Waals surface area contributed by atoms with E-state index in [-0.39, 0.29) is 5.56 Å². The zero-order valence-corrected chi connectivity index (χ0v) is 14.6. The van der Waals surface area contributed by atoms with Crippen molar-refractivity contribution in [3.05, 3.63) is 59.6 Å². The van der Waals surface area contributed by atoms with Crippen LogP contribution in [0.2, 0.25) is 0 Å². The molecule has 1 aliphatic rings. The number of urea groups is 1. The Labute approximate surface area is 153 Å². The SMILES string of the molecule is CC(NC(=O)CN1C(=O)NC(C)(c2cc(F)ccc2F)C1=O)c1ccco1. The van der Waals surface area contributed by atoms with Crippen molar-refractivity contribution in [1.82, 2.24) is 15.5 Å². The van der Waals surface area contributed by atoms with Gasteiger partial charge in [0.05, 0.1) is 12.3 Å². The van der Waals surface area contributed by atoms with Crippen LogP contribution in [0.25, 0.3) is 0 Å². The lowest BCUT2D eigenvalue weighted by molar-refractivity contribution is -0.135. The van der Waals surface area contributed by atoms with Gasteiger partial charge in [0.25, 0.3) is 5.91 Å². The van der Waals surface area contributed by atoms with Crippen molar-refractivity contribution in [1.29, 1.82) is 0 Å². The number of hydrogen-bond acceptors (Lipinski definition) is 4. The van der Waals surface area contributed by atoms with Crippen molar-refractivity contribution in [2.45, 2.75) is 25.4 Å². The van der Waals surface area contributed by atoms with Crippen molar-refractivity contribution >= 4 is 17.8 Å². The average Bonchev–Trinajstić information content (AvgIpc) is 3.21. The minimum atomic E-state index is -1.81. The summed E-state index contributed by atoms with van der Waals surface area (Å²) in [6.45, 7) is 2.37. The molecule has 7 nitrogen and oxygen atoms in total. The highest BCUT2D eigenvalue weighted by molar-refractivity contribution is 6.09. The van der Waals surface area contributed by atoms with Crippen LogP contribution in [-0.2, 0) is 15.1 Å². The number of rotatable bonds is 5. The lowest BCUT2D eigenvalue weighted by Gasteiger charge is -2.23. The molecule has 4 amide bonds. The van der Waals surface area contributed by atoms with Gasteiger partial charge in [0.15, 0.2) is 0 Å². The van der Waals surface area contributed by atoms with Crippen LogP contribution in [0.4, 0.5) is 13.6 Å². The second kappa shape index (κ2) is 6.82. The smallest absolute Gasteiger partial charge is 0.325 e. The first-order valence-electron chi connectivity index (χ1n) is 8.15. The third kappa shape index (κ3) is 3.40. The first-order valence-corrected chi connectivity index (χ1v) is 8.15. The Kier molecular flexibility index (Phi) is 4.69. The molecular formula is C18H17F2N3O4. The van der Waals surface area contributed by atoms with E-state index >= 15 is 0 Å². The van der Waals surface area contributed by atoms with Gasteiger partial charge in [-0.3, -0.25) is 14.5 Å². The standard InChI is InChI=1S/C18H17F2N3O4/c1-10(14-4-3-7-27-14)21-15(24)9-23-16(25)18(2,22-17(23)26)12-8-11(19)5-6-13(12)20/h3-8,10H,9H2,1-2H3,(H,21,24)(H,22,26). The Bertz CT molecular complexity index is 900. The second-order valence-electron chi connectivity index (χ2n) is 6.38. The Morgan fingerprint density at radius 3 is 2.74 bits per heavy atom. The van der Waals surface area contributed by atoms with Crippen molar-refractivity contribution in [2.24, 2.45) is 0 Å². The number of furan rings is 1. The minimum absolute atomic E-state index is 0.312. The van der Waals surface area contributed by atoms with E-state index in [1.54, 1.807) is 19.1 Å². The summed E-state index contributed by atoms with van der Waals surface area (Å²) in [5.74, 6) is -2.54. The maximum Gasteiger partial charge on any atom is 0.325 e. The molecule has 0 spiro atoms. The van der Waals surface area contributed by atoms with Gasteiger partial charge >= 0.3 is 6.03 Å². The molecule has 2 unspecified atom stereocenters. The number of carbonyl (C=O) groups is 3. The largest absolute Gasteiger partial charge is 0.467 e. The molecule has 0 aliphatic carbocycles. The van der Waals surface area contributed by atoms with Gasteiger partial charge in [-0.05, 0) is 44.2 Å². The molecular weight excluding hydrogens is 360 g/mol. The van der Waals surface area contributed by atoms with Crippen LogP contribution in [-0.4, -0.2) is 29.3 Å². The van der Waals surface area contributed by atoms with E-state index in [1.165, 1.54) is 13.2 Å². The lowest BCUT2D eigenvalue weighted by atomic mass is 9.91. The number of hydrogen-bond donors (Lipinski definition) is 2. The summed E-state index contributed by atoms with van der Waals surface area (Å²) in [6, 6.07) is 4.61. The van der Waals surface area contributed by atoms with E-state index in [9.17, 15) is 23.2 Å². The van der Waals surface area contributed by atoms with Crippen LogP contribution >= 0.6 is 0 Å². The highest BCUT2D eigenvalue weighted by atomic mass is 19.1. The molecule has 2 aromatic rings. The summed E-state index contributed by atoms with van der Waals surface area (Å²) >= 11 is 0. The summed E-state index contributed by atoms with van der Waals surface area (Å²) in [5, 5.41) is 4.93. The average molecular weight is 377 g/mol. The predicted molar refractivity (Wildman–Crippen MR) is 89.2 cm³/mol. The monoisotopic (exact) mass is 377 g/mol. The summed E-state index contributed by atoms with van der Waals surface area (Å²) in [4.78, 5) is 37.8. The van der Waals surface area contributed by atoms with Gasteiger partial charge in [-0.1, -0.05) is 0 Å². The fraction of sp³-hybridized carbons (Fsp3) is 0.278. The number of nitrogens with one attached hydrogen (secondary N) is 2. The predicted octanol–water partition coefficient (Wildman–Crippen LogP) is 2.20. The molecule has 1 aliphatic heterocycles. The Morgan fingerprint density at radius 1 is 1.33 bits per heavy atom. The molecule has 1 aromatic heterocycles. The molecule has 1 fully saturated rings. The number of benzene rings is 1. The van der Waals surface area contributed by atoms with Gasteiger partial charge < -0.3 is 15.1 Å². The fourth-order valence-electron chi connectivity index (χ4n) is 2.94. The highest BCUT2D eigenvalue weighted by Gasteiger charge is 2.50. The van der Waals surface area contributed by atoms with Crippen LogP contribution in [0.5, 0.6) is 0 Å². The molecule has 0 saturated carbocycles. The first kappa shape index (κ1) is 18.6. The van der Waals surface area contributed by atoms with Crippen LogP contribution in [0.15, 0.2) is 41.0 Å². The first-order chi connectivity index (χ1) is 12.7. The van der Waals surface area contributed by atoms with Gasteiger partial charge in [-0.2, -0.15) is 0 Å². The molecule has 2 heterocycles. The molecule has 27 heavy (non-hydrogen) atoms. The Balaban J connectivity index is 1.76. The van der Waals surface area contributed by atoms with E-state index in [4.69, 9.17) is 4.42 Å². The zero-order chi connectivity index (χ0) is 19.8. The maximum absolute atomic E-state index is 14.1. The molecule has 0 bridgehead atoms. The summed E-state index contributed by atoms with van der Waals surface area (Å²) in [7, 11) is 0. The lowest BCUT2D eigenvalue weighted by Crippen LogP contribution is -2.44. The number of nitrogens with zero attached hydrogens (tertiary/aromatic N) is 1. The quantitative estimate of drug-likeness (QED) is 0.782. The molecule has 0 radical (unpaired) electrons. The molecule has 1 aromatic carbocycles. The number of imide groups is 1. The maximum atomic E-state index is 14.1. The summed E-state index contributed by atoms with van der Waals surface area (Å²) in [6.07, 6.45) is 1.45. The van der Waals surface area contributed by atoms with Crippen LogP contribution in [0, 0.1) is 11.6 Å². The number of halogens is 2. The van der Waals surface area contributed by atoms with Gasteiger partial charge in [-0.25, -0.2) is 13.6 Å². The molecule has 142 valence electrons. The summed E-state index contributed by atoms with van der Waals surface area (Å²) < 4.78 is 32.8. The van der Waals surface area contributed by atoms with Crippen LogP contribution < -0.4 is 10.6 Å². The van der Waals surface area contributed by atoms with Crippen molar-refractivity contribution in [2.75, 3.05) is 6.54 Å². The molecule has 1 saturated heterocycles. The van der Waals surface area contributed by atoms with Crippen molar-refractivity contribution in [3.8, 4) is 0 Å². The van der Waals surface area contributed by atoms with Crippen LogP contribution in [0.1, 0.15) is 31.2 Å². The van der Waals surface area contributed by atoms with Gasteiger partial charge in [-0.15, -0.1) is 0 Å². The number of amides is 4. The van der Waals surface area contributed by atoms with Gasteiger partial charge in [0, 0.05) is 5.56 Å². The second-order valence-corrected chi connectivity index (χ2v) is 6.38. The van der Waals surface area contributed by atoms with Crippen LogP contribution in [0.3, 0.4) is 0 Å². The molecule has 3 rings (SSSR count). The topological polar surface area (TPSA) is 91.7 Å². The van der Waals surface area contributed by atoms with E-state index in [2.05, 4.69) is 10.6 Å². The summed E-state index contributed by atoms with van der Waals surface area (Å²) in [5.41, 5.74) is -2.12. The van der Waals surface area contributed by atoms with Gasteiger partial charge in [0.1, 0.15) is 29.5 Å². The van der Waals surface area contributed by atoms with E-state index in [0.29, 0.717) is 10.7 Å². The Morgan fingerprint density at radius 2 is 2.07 bits per heavy atom. The van der Waals surface area contributed by atoms with Gasteiger partial charge in [0.2, 0.25) is 5.91 Å². The highest BCUT2D eigenvalue weighted by Crippen LogP contribution is 2.31.